The van der Waals surface area contributed by atoms with Crippen molar-refractivity contribution in [2.24, 2.45) is 5.92 Å². The van der Waals surface area contributed by atoms with E-state index in [1.165, 1.54) is 10.8 Å². The van der Waals surface area contributed by atoms with Gasteiger partial charge in [0.1, 0.15) is 23.5 Å². The van der Waals surface area contributed by atoms with Crippen LogP contribution in [0.4, 0.5) is 21.7 Å². The number of Topliss-reactive ketones (excluding diaryl/α,β-unsaturated/α-hetero) is 1. The van der Waals surface area contributed by atoms with Crippen molar-refractivity contribution < 1.29 is 13.9 Å². The number of methoxy groups -OCH3 is 1. The number of nitrogens with zero attached hydrogens (tertiary/aromatic N) is 4. The molecule has 3 aromatic rings. The van der Waals surface area contributed by atoms with Crippen LogP contribution in [0.5, 0.6) is 0 Å². The number of anilines is 3. The lowest BCUT2D eigenvalue weighted by molar-refractivity contribution is -0.0171. The lowest BCUT2D eigenvalue weighted by Gasteiger charge is -2.34. The molecule has 2 saturated carbocycles. The van der Waals surface area contributed by atoms with Gasteiger partial charge in [-0.25, -0.2) is 9.37 Å². The number of hydrogen-bond donors (Lipinski definition) is 2. The molecule has 4 atom stereocenters. The van der Waals surface area contributed by atoms with Crippen LogP contribution in [0.25, 0.3) is 5.65 Å². The van der Waals surface area contributed by atoms with Crippen molar-refractivity contribution in [2.45, 2.75) is 44.0 Å². The number of ether oxygens (including phenoxy) is 1. The van der Waals surface area contributed by atoms with E-state index >= 15 is 0 Å². The van der Waals surface area contributed by atoms with Crippen LogP contribution in [0.3, 0.4) is 0 Å². The van der Waals surface area contributed by atoms with Gasteiger partial charge in [-0.2, -0.15) is 9.61 Å². The first-order valence-corrected chi connectivity index (χ1v) is 10.7. The Labute approximate surface area is 183 Å². The molecule has 0 unspecified atom stereocenters. The van der Waals surface area contributed by atoms with Crippen LogP contribution >= 0.6 is 0 Å². The van der Waals surface area contributed by atoms with E-state index in [-0.39, 0.29) is 29.1 Å². The van der Waals surface area contributed by atoms with E-state index in [2.05, 4.69) is 20.7 Å². The maximum absolute atomic E-state index is 13.5. The Morgan fingerprint density at radius 1 is 1.38 bits per heavy atom. The van der Waals surface area contributed by atoms with Crippen molar-refractivity contribution >= 4 is 28.8 Å². The molecule has 2 aliphatic rings. The molecule has 0 radical (unpaired) electrons. The summed E-state index contributed by atoms with van der Waals surface area (Å²) in [6.07, 6.45) is 4.92. The van der Waals surface area contributed by atoms with Crippen molar-refractivity contribution in [3.05, 3.63) is 46.5 Å². The number of ketones is 1. The van der Waals surface area contributed by atoms with E-state index in [9.17, 15) is 14.0 Å². The molecule has 2 N–H and O–H groups in total. The minimum Gasteiger partial charge on any atom is -0.381 e. The smallest absolute Gasteiger partial charge is 0.274 e. The maximum atomic E-state index is 13.5. The van der Waals surface area contributed by atoms with Crippen molar-refractivity contribution in [3.63, 3.8) is 0 Å². The Balaban J connectivity index is 1.46. The average Bonchev–Trinajstić information content (AvgIpc) is 3.33. The van der Waals surface area contributed by atoms with Gasteiger partial charge in [-0.05, 0) is 30.9 Å². The van der Waals surface area contributed by atoms with E-state index in [0.29, 0.717) is 35.7 Å². The molecule has 0 aromatic carbocycles. The second-order valence-corrected chi connectivity index (χ2v) is 8.39. The summed E-state index contributed by atoms with van der Waals surface area (Å²) in [5.74, 6) is 1.16. The predicted molar refractivity (Wildman–Crippen MR) is 118 cm³/mol. The molecule has 10 heteroatoms. The Morgan fingerprint density at radius 3 is 2.84 bits per heavy atom. The predicted octanol–water partition coefficient (Wildman–Crippen LogP) is 2.96. The third kappa shape index (κ3) is 3.54. The van der Waals surface area contributed by atoms with E-state index in [1.54, 1.807) is 43.1 Å². The zero-order valence-corrected chi connectivity index (χ0v) is 17.9. The minimum atomic E-state index is -0.984. The number of carbonyl (C=O) groups excluding carboxylic acids is 1. The fraction of sp³-hybridized carbons (Fsp3) is 0.455. The molecule has 2 aliphatic carbocycles. The summed E-state index contributed by atoms with van der Waals surface area (Å²) in [5.41, 5.74) is 0.802. The van der Waals surface area contributed by atoms with Crippen molar-refractivity contribution in [1.29, 1.82) is 0 Å². The lowest BCUT2D eigenvalue weighted by Crippen LogP contribution is -2.34. The summed E-state index contributed by atoms with van der Waals surface area (Å²) in [5, 5.41) is 10.4. The molecular weight excluding hydrogens is 415 g/mol. The van der Waals surface area contributed by atoms with Crippen molar-refractivity contribution in [1.82, 2.24) is 19.2 Å². The topological polar surface area (TPSA) is 103 Å². The molecule has 5 rings (SSSR count). The van der Waals surface area contributed by atoms with Crippen LogP contribution in [0.2, 0.25) is 0 Å². The van der Waals surface area contributed by atoms with Gasteiger partial charge in [0.25, 0.3) is 5.56 Å². The van der Waals surface area contributed by atoms with Crippen LogP contribution in [-0.2, 0) is 4.74 Å². The summed E-state index contributed by atoms with van der Waals surface area (Å²) in [6.45, 7) is 0. The Morgan fingerprint density at radius 2 is 2.19 bits per heavy atom. The number of alkyl halides is 1. The molecular formula is C22H25FN6O3. The van der Waals surface area contributed by atoms with Crippen LogP contribution < -0.4 is 16.2 Å². The summed E-state index contributed by atoms with van der Waals surface area (Å²) in [4.78, 5) is 30.3. The normalized spacial score (nSPS) is 24.2. The molecule has 32 heavy (non-hydrogen) atoms. The van der Waals surface area contributed by atoms with Crippen molar-refractivity contribution in [3.8, 4) is 0 Å². The van der Waals surface area contributed by atoms with E-state index in [4.69, 9.17) is 4.74 Å². The minimum absolute atomic E-state index is 0.0387. The quantitative estimate of drug-likeness (QED) is 0.519. The van der Waals surface area contributed by atoms with Crippen molar-refractivity contribution in [2.75, 3.05) is 24.8 Å². The van der Waals surface area contributed by atoms with Gasteiger partial charge in [-0.1, -0.05) is 0 Å². The summed E-state index contributed by atoms with van der Waals surface area (Å²) in [7, 11) is 3.41. The molecule has 9 nitrogen and oxygen atoms in total. The van der Waals surface area contributed by atoms with Gasteiger partial charge in [0.2, 0.25) is 0 Å². The maximum Gasteiger partial charge on any atom is 0.274 e. The Hall–Kier alpha value is -3.27. The molecule has 3 heterocycles. The van der Waals surface area contributed by atoms with Crippen LogP contribution in [-0.4, -0.2) is 51.4 Å². The van der Waals surface area contributed by atoms with Crippen LogP contribution in [0.15, 0.2) is 35.4 Å². The number of nitrogens with one attached hydrogen (secondary N) is 2. The van der Waals surface area contributed by atoms with Gasteiger partial charge in [-0.15, -0.1) is 0 Å². The zero-order chi connectivity index (χ0) is 22.4. The molecule has 0 spiro atoms. The number of carbonyl (C=O) groups is 1. The average molecular weight is 440 g/mol. The molecule has 0 aliphatic heterocycles. The number of fused-ring (bicyclic) bond motifs is 1. The monoisotopic (exact) mass is 440 g/mol. The van der Waals surface area contributed by atoms with Crippen LogP contribution in [0, 0.1) is 5.92 Å². The first-order valence-electron chi connectivity index (χ1n) is 10.7. The highest BCUT2D eigenvalue weighted by Gasteiger charge is 2.40. The van der Waals surface area contributed by atoms with E-state index < -0.39 is 12.2 Å². The summed E-state index contributed by atoms with van der Waals surface area (Å²) >= 11 is 0. The fourth-order valence-electron chi connectivity index (χ4n) is 4.28. The highest BCUT2D eigenvalue weighted by atomic mass is 19.1. The third-order valence-corrected chi connectivity index (χ3v) is 6.40. The molecule has 168 valence electrons. The van der Waals surface area contributed by atoms with Gasteiger partial charge in [-0.3, -0.25) is 9.59 Å². The molecule has 0 saturated heterocycles. The number of hydrogen-bond acceptors (Lipinski definition) is 7. The number of pyridine rings is 1. The van der Waals surface area contributed by atoms with Gasteiger partial charge in [0, 0.05) is 39.3 Å². The number of aromatic nitrogens is 4. The van der Waals surface area contributed by atoms with E-state index in [1.807, 2.05) is 0 Å². The third-order valence-electron chi connectivity index (χ3n) is 6.40. The first kappa shape index (κ1) is 20.6. The Bertz CT molecular complexity index is 1240. The van der Waals surface area contributed by atoms with Gasteiger partial charge in [0.15, 0.2) is 11.4 Å². The summed E-state index contributed by atoms with van der Waals surface area (Å²) < 4.78 is 21.9. The zero-order valence-electron chi connectivity index (χ0n) is 17.9. The second kappa shape index (κ2) is 8.01. The lowest BCUT2D eigenvalue weighted by atomic mass is 9.78. The Kier molecular flexibility index (Phi) is 5.16. The fourth-order valence-corrected chi connectivity index (χ4v) is 4.28. The molecule has 0 amide bonds. The molecule has 2 fully saturated rings. The van der Waals surface area contributed by atoms with Gasteiger partial charge < -0.3 is 19.9 Å². The first-order chi connectivity index (χ1) is 15.5. The highest BCUT2D eigenvalue weighted by molar-refractivity contribution is 6.01. The van der Waals surface area contributed by atoms with Gasteiger partial charge >= 0.3 is 0 Å². The number of rotatable bonds is 8. The molecule has 3 aromatic heterocycles. The standard InChI is InChI=1S/C22H25FN6O3/c1-24-20-10-19(26-15-4-3-7-28(22(15)31)16-9-14(16)23)27-21-13(11-25-29(20)21)17(30)8-12-5-6-18(12)32-2/h3-4,7,10-12,14,16,18,24H,5-6,8-9H2,1-2H3,(H,26,27)/t12-,14+,16+,18+/m0/s1. The van der Waals surface area contributed by atoms with Crippen LogP contribution in [0.1, 0.15) is 42.1 Å². The van der Waals surface area contributed by atoms with Gasteiger partial charge in [0.05, 0.1) is 23.9 Å². The SMILES string of the molecule is CNc1cc(Nc2cccn([C@@H]3C[C@H]3F)c2=O)nc2c(C(=O)C[C@@H]3CC[C@H]3OC)cnn12. The summed E-state index contributed by atoms with van der Waals surface area (Å²) in [6, 6.07) is 4.62. The highest BCUT2D eigenvalue weighted by Crippen LogP contribution is 2.38. The van der Waals surface area contributed by atoms with E-state index in [0.717, 1.165) is 12.8 Å². The largest absolute Gasteiger partial charge is 0.381 e. The number of halogens is 1. The molecule has 0 bridgehead atoms. The second-order valence-electron chi connectivity index (χ2n) is 8.39.